The Bertz CT molecular complexity index is 1050. The highest BCUT2D eigenvalue weighted by Crippen LogP contribution is 2.34. The zero-order valence-corrected chi connectivity index (χ0v) is 18.5. The summed E-state index contributed by atoms with van der Waals surface area (Å²) in [6, 6.07) is 22.0. The predicted molar refractivity (Wildman–Crippen MR) is 124 cm³/mol. The molecule has 5 nitrogen and oxygen atoms in total. The van der Waals surface area contributed by atoms with E-state index in [4.69, 9.17) is 16.3 Å². The first-order valence-corrected chi connectivity index (χ1v) is 11.0. The molecule has 0 unspecified atom stereocenters. The number of aliphatic hydroxyl groups is 4. The van der Waals surface area contributed by atoms with Crippen LogP contribution in [0.25, 0.3) is 11.1 Å². The van der Waals surface area contributed by atoms with Gasteiger partial charge in [-0.3, -0.25) is 0 Å². The van der Waals surface area contributed by atoms with Gasteiger partial charge in [0.1, 0.15) is 30.5 Å². The number of aryl methyl sites for hydroxylation is 1. The van der Waals surface area contributed by atoms with Crippen molar-refractivity contribution in [1.29, 1.82) is 0 Å². The van der Waals surface area contributed by atoms with Crippen molar-refractivity contribution in [2.24, 2.45) is 0 Å². The van der Waals surface area contributed by atoms with Crippen molar-refractivity contribution in [3.05, 3.63) is 94.0 Å². The molecular weight excluding hydrogens is 428 g/mol. The smallest absolute Gasteiger partial charge is 0.113 e. The van der Waals surface area contributed by atoms with Gasteiger partial charge in [-0.2, -0.15) is 0 Å². The summed E-state index contributed by atoms with van der Waals surface area (Å²) >= 11 is 6.44. The van der Waals surface area contributed by atoms with Gasteiger partial charge in [-0.25, -0.2) is 0 Å². The Morgan fingerprint density at radius 2 is 1.44 bits per heavy atom. The van der Waals surface area contributed by atoms with Gasteiger partial charge in [0.05, 0.1) is 6.61 Å². The lowest BCUT2D eigenvalue weighted by atomic mass is 9.90. The first kappa shape index (κ1) is 22.9. The van der Waals surface area contributed by atoms with Crippen LogP contribution in [0.1, 0.15) is 28.4 Å². The minimum Gasteiger partial charge on any atom is -0.394 e. The first-order valence-electron chi connectivity index (χ1n) is 10.6. The van der Waals surface area contributed by atoms with E-state index >= 15 is 0 Å². The number of benzene rings is 3. The molecule has 6 heteroatoms. The molecule has 1 aliphatic heterocycles. The van der Waals surface area contributed by atoms with Crippen LogP contribution >= 0.6 is 11.6 Å². The predicted octanol–water partition coefficient (Wildman–Crippen LogP) is 3.42. The molecule has 5 atom stereocenters. The van der Waals surface area contributed by atoms with Crippen LogP contribution in [0.15, 0.2) is 66.7 Å². The summed E-state index contributed by atoms with van der Waals surface area (Å²) in [6.07, 6.45) is -5.38. The Hall–Kier alpha value is -2.25. The van der Waals surface area contributed by atoms with E-state index in [9.17, 15) is 20.4 Å². The number of hydrogen-bond acceptors (Lipinski definition) is 5. The molecule has 0 aromatic heterocycles. The van der Waals surface area contributed by atoms with Crippen LogP contribution in [-0.4, -0.2) is 51.4 Å². The summed E-state index contributed by atoms with van der Waals surface area (Å²) in [5.74, 6) is 0. The molecule has 1 heterocycles. The van der Waals surface area contributed by atoms with Crippen LogP contribution < -0.4 is 0 Å². The summed E-state index contributed by atoms with van der Waals surface area (Å²) in [7, 11) is 0. The quantitative estimate of drug-likeness (QED) is 0.474. The molecule has 0 radical (unpaired) electrons. The molecule has 4 rings (SSSR count). The summed E-state index contributed by atoms with van der Waals surface area (Å²) in [5.41, 5.74) is 6.06. The molecule has 0 amide bonds. The minimum atomic E-state index is -1.42. The number of hydrogen-bond donors (Lipinski definition) is 4. The molecule has 3 aromatic carbocycles. The van der Waals surface area contributed by atoms with Crippen molar-refractivity contribution in [3.8, 4) is 11.1 Å². The van der Waals surface area contributed by atoms with Crippen LogP contribution in [0.2, 0.25) is 5.02 Å². The fourth-order valence-corrected chi connectivity index (χ4v) is 4.25. The summed E-state index contributed by atoms with van der Waals surface area (Å²) in [5, 5.41) is 40.6. The molecule has 4 N–H and O–H groups in total. The Morgan fingerprint density at radius 3 is 2.06 bits per heavy atom. The maximum atomic E-state index is 10.4. The average Bonchev–Trinajstić information content (AvgIpc) is 2.80. The SMILES string of the molecule is Cc1ccc(-c2ccc(Cc3cc([C@@H]4O[C@H](CO)[C@@H](O)[C@H](O)[C@H]4O)ccc3Cl)cc2)cc1. The normalized spacial score (nSPS) is 25.6. The Balaban J connectivity index is 1.55. The number of ether oxygens (including phenoxy) is 1. The second-order valence-electron chi connectivity index (χ2n) is 8.34. The van der Waals surface area contributed by atoms with Gasteiger partial charge in [-0.05, 0) is 47.2 Å². The molecule has 3 aromatic rings. The maximum absolute atomic E-state index is 10.4. The molecule has 1 aliphatic rings. The molecular formula is C26H27ClO5. The van der Waals surface area contributed by atoms with Gasteiger partial charge >= 0.3 is 0 Å². The summed E-state index contributed by atoms with van der Waals surface area (Å²) in [6.45, 7) is 1.60. The van der Waals surface area contributed by atoms with Crippen LogP contribution in [0, 0.1) is 6.92 Å². The van der Waals surface area contributed by atoms with Crippen molar-refractivity contribution in [2.45, 2.75) is 43.9 Å². The minimum absolute atomic E-state index is 0.463. The molecule has 1 saturated heterocycles. The van der Waals surface area contributed by atoms with E-state index in [2.05, 4.69) is 55.5 Å². The van der Waals surface area contributed by atoms with E-state index in [0.717, 1.165) is 22.3 Å². The van der Waals surface area contributed by atoms with Crippen molar-refractivity contribution in [1.82, 2.24) is 0 Å². The zero-order valence-electron chi connectivity index (χ0n) is 17.7. The van der Waals surface area contributed by atoms with Gasteiger partial charge in [0.25, 0.3) is 0 Å². The molecule has 32 heavy (non-hydrogen) atoms. The van der Waals surface area contributed by atoms with E-state index in [1.807, 2.05) is 6.07 Å². The fraction of sp³-hybridized carbons (Fsp3) is 0.308. The first-order chi connectivity index (χ1) is 15.4. The number of aliphatic hydroxyl groups excluding tert-OH is 4. The summed E-state index contributed by atoms with van der Waals surface area (Å²) in [4.78, 5) is 0. The van der Waals surface area contributed by atoms with Crippen LogP contribution in [0.3, 0.4) is 0 Å². The Labute approximate surface area is 192 Å². The second kappa shape index (κ2) is 9.71. The van der Waals surface area contributed by atoms with E-state index in [1.54, 1.807) is 12.1 Å². The third-order valence-electron chi connectivity index (χ3n) is 6.02. The molecule has 168 valence electrons. The van der Waals surface area contributed by atoms with Gasteiger partial charge in [0, 0.05) is 5.02 Å². The molecule has 0 spiro atoms. The Morgan fingerprint density at radius 1 is 0.812 bits per heavy atom. The van der Waals surface area contributed by atoms with Crippen molar-refractivity contribution >= 4 is 11.6 Å². The van der Waals surface area contributed by atoms with Crippen molar-refractivity contribution in [3.63, 3.8) is 0 Å². The fourth-order valence-electron chi connectivity index (χ4n) is 4.07. The van der Waals surface area contributed by atoms with Crippen molar-refractivity contribution in [2.75, 3.05) is 6.61 Å². The standard InChI is InChI=1S/C26H27ClO5/c1-15-2-6-17(7-3-15)18-8-4-16(5-9-18)12-20-13-19(10-11-21(20)27)26-25(31)24(30)23(29)22(14-28)32-26/h2-11,13,22-26,28-31H,12,14H2,1H3/t22-,23-,24+,25-,26+/m1/s1. The average molecular weight is 455 g/mol. The van der Waals surface area contributed by atoms with Crippen LogP contribution in [0.4, 0.5) is 0 Å². The lowest BCUT2D eigenvalue weighted by Crippen LogP contribution is -2.55. The van der Waals surface area contributed by atoms with E-state index in [0.29, 0.717) is 17.0 Å². The molecule has 0 saturated carbocycles. The van der Waals surface area contributed by atoms with Crippen molar-refractivity contribution < 1.29 is 25.2 Å². The highest BCUT2D eigenvalue weighted by Gasteiger charge is 2.44. The third-order valence-corrected chi connectivity index (χ3v) is 6.39. The summed E-state index contributed by atoms with van der Waals surface area (Å²) < 4.78 is 5.68. The largest absolute Gasteiger partial charge is 0.394 e. The van der Waals surface area contributed by atoms with Crippen LogP contribution in [-0.2, 0) is 11.2 Å². The molecule has 1 fully saturated rings. The maximum Gasteiger partial charge on any atom is 0.113 e. The third kappa shape index (κ3) is 4.74. The van der Waals surface area contributed by atoms with E-state index in [1.165, 1.54) is 5.56 Å². The lowest BCUT2D eigenvalue weighted by molar-refractivity contribution is -0.231. The molecule has 0 aliphatic carbocycles. The van der Waals surface area contributed by atoms with Gasteiger partial charge in [0.2, 0.25) is 0 Å². The highest BCUT2D eigenvalue weighted by atomic mass is 35.5. The van der Waals surface area contributed by atoms with E-state index < -0.39 is 37.1 Å². The van der Waals surface area contributed by atoms with Gasteiger partial charge < -0.3 is 25.2 Å². The topological polar surface area (TPSA) is 90.2 Å². The Kier molecular flexibility index (Phi) is 6.96. The van der Waals surface area contributed by atoms with Gasteiger partial charge in [0.15, 0.2) is 0 Å². The number of halogens is 1. The highest BCUT2D eigenvalue weighted by molar-refractivity contribution is 6.31. The van der Waals surface area contributed by atoms with Gasteiger partial charge in [-0.1, -0.05) is 77.8 Å². The van der Waals surface area contributed by atoms with E-state index in [-0.39, 0.29) is 0 Å². The lowest BCUT2D eigenvalue weighted by Gasteiger charge is -2.40. The molecule has 0 bridgehead atoms. The monoisotopic (exact) mass is 454 g/mol. The second-order valence-corrected chi connectivity index (χ2v) is 8.75. The zero-order chi connectivity index (χ0) is 22.8. The van der Waals surface area contributed by atoms with Crippen LogP contribution in [0.5, 0.6) is 0 Å². The number of rotatable bonds is 5. The van der Waals surface area contributed by atoms with Gasteiger partial charge in [-0.15, -0.1) is 0 Å².